The van der Waals surface area contributed by atoms with Crippen molar-refractivity contribution in [3.05, 3.63) is 52.8 Å². The molecule has 0 aromatic heterocycles. The molecule has 1 atom stereocenters. The van der Waals surface area contributed by atoms with E-state index in [1.807, 2.05) is 0 Å². The number of aliphatic hydroxyl groups is 1. The summed E-state index contributed by atoms with van der Waals surface area (Å²) in [4.78, 5) is 0. The molecule has 0 aliphatic carbocycles. The van der Waals surface area contributed by atoms with Gasteiger partial charge < -0.3 is 20.3 Å². The molecule has 4 nitrogen and oxygen atoms in total. The van der Waals surface area contributed by atoms with Crippen LogP contribution >= 0.6 is 15.9 Å². The Morgan fingerprint density at radius 2 is 1.76 bits per heavy atom. The third-order valence-corrected chi connectivity index (χ3v) is 3.17. The molecule has 1 unspecified atom stereocenters. The minimum Gasteiger partial charge on any atom is -0.489 e. The number of hydrogen-bond donors (Lipinski definition) is 2. The van der Waals surface area contributed by atoms with Gasteiger partial charge in [-0.1, -0.05) is 28.1 Å². The third kappa shape index (κ3) is 4.61. The monoisotopic (exact) mass is 355 g/mol. The van der Waals surface area contributed by atoms with Crippen LogP contribution in [0.15, 0.2) is 46.9 Å². The van der Waals surface area contributed by atoms with Gasteiger partial charge in [-0.15, -0.1) is 0 Å². The smallest absolute Gasteiger partial charge is 0.166 e. The predicted molar refractivity (Wildman–Crippen MR) is 82.0 cm³/mol. The van der Waals surface area contributed by atoms with Crippen molar-refractivity contribution < 1.29 is 19.0 Å². The molecular weight excluding hydrogens is 341 g/mol. The molecule has 21 heavy (non-hydrogen) atoms. The number of nitrogen functional groups attached to an aromatic ring is 1. The van der Waals surface area contributed by atoms with E-state index in [1.54, 1.807) is 30.3 Å². The lowest BCUT2D eigenvalue weighted by Crippen LogP contribution is -2.25. The molecule has 112 valence electrons. The standard InChI is InChI=1S/C15H15BrFNO3/c16-10-5-6-14(12(17)7-10)20-8-11(19)9-21-15-4-2-1-3-13(15)18/h1-7,11,19H,8-9,18H2. The van der Waals surface area contributed by atoms with Gasteiger partial charge in [0.1, 0.15) is 25.1 Å². The van der Waals surface area contributed by atoms with E-state index in [-0.39, 0.29) is 19.0 Å². The number of nitrogens with two attached hydrogens (primary N) is 1. The van der Waals surface area contributed by atoms with E-state index in [0.717, 1.165) is 0 Å². The van der Waals surface area contributed by atoms with Gasteiger partial charge in [-0.05, 0) is 30.3 Å². The number of aliphatic hydroxyl groups excluding tert-OH is 1. The maximum Gasteiger partial charge on any atom is 0.166 e. The molecule has 0 radical (unpaired) electrons. The summed E-state index contributed by atoms with van der Waals surface area (Å²) in [7, 11) is 0. The highest BCUT2D eigenvalue weighted by Crippen LogP contribution is 2.22. The first kappa shape index (κ1) is 15.6. The van der Waals surface area contributed by atoms with E-state index in [4.69, 9.17) is 15.2 Å². The number of benzene rings is 2. The van der Waals surface area contributed by atoms with E-state index in [9.17, 15) is 9.50 Å². The molecule has 6 heteroatoms. The first-order chi connectivity index (χ1) is 10.1. The van der Waals surface area contributed by atoms with Crippen molar-refractivity contribution in [3.8, 4) is 11.5 Å². The van der Waals surface area contributed by atoms with E-state index in [1.165, 1.54) is 12.1 Å². The Balaban J connectivity index is 1.82. The van der Waals surface area contributed by atoms with Crippen LogP contribution in [0.1, 0.15) is 0 Å². The van der Waals surface area contributed by atoms with Gasteiger partial charge in [0, 0.05) is 4.47 Å². The van der Waals surface area contributed by atoms with Gasteiger partial charge in [-0.3, -0.25) is 0 Å². The molecule has 0 spiro atoms. The van der Waals surface area contributed by atoms with Crippen LogP contribution in [0.4, 0.5) is 10.1 Å². The maximum atomic E-state index is 13.5. The lowest BCUT2D eigenvalue weighted by Gasteiger charge is -2.14. The van der Waals surface area contributed by atoms with Gasteiger partial charge in [-0.2, -0.15) is 0 Å². The van der Waals surface area contributed by atoms with Crippen LogP contribution in [0.5, 0.6) is 11.5 Å². The topological polar surface area (TPSA) is 64.7 Å². The Morgan fingerprint density at radius 3 is 2.43 bits per heavy atom. The molecule has 2 rings (SSSR count). The summed E-state index contributed by atoms with van der Waals surface area (Å²) < 4.78 is 24.7. The van der Waals surface area contributed by atoms with Gasteiger partial charge >= 0.3 is 0 Å². The third-order valence-electron chi connectivity index (χ3n) is 2.68. The Hall–Kier alpha value is -1.79. The Bertz CT molecular complexity index is 609. The zero-order valence-corrected chi connectivity index (χ0v) is 12.7. The summed E-state index contributed by atoms with van der Waals surface area (Å²) in [6.07, 6.45) is -0.896. The zero-order chi connectivity index (χ0) is 15.2. The van der Waals surface area contributed by atoms with E-state index < -0.39 is 11.9 Å². The van der Waals surface area contributed by atoms with Crippen molar-refractivity contribution in [2.24, 2.45) is 0 Å². The Morgan fingerprint density at radius 1 is 1.10 bits per heavy atom. The van der Waals surface area contributed by atoms with E-state index in [2.05, 4.69) is 15.9 Å². The van der Waals surface area contributed by atoms with Crippen LogP contribution in [-0.2, 0) is 0 Å². The van der Waals surface area contributed by atoms with Crippen molar-refractivity contribution in [3.63, 3.8) is 0 Å². The van der Waals surface area contributed by atoms with Crippen LogP contribution in [0.3, 0.4) is 0 Å². The minimum absolute atomic E-state index is 0.00631. The highest BCUT2D eigenvalue weighted by atomic mass is 79.9. The van der Waals surface area contributed by atoms with E-state index in [0.29, 0.717) is 15.9 Å². The fourth-order valence-electron chi connectivity index (χ4n) is 1.62. The second-order valence-corrected chi connectivity index (χ2v) is 5.30. The summed E-state index contributed by atoms with van der Waals surface area (Å²) in [5.74, 6) is 0.0765. The molecule has 2 aromatic carbocycles. The molecule has 0 saturated heterocycles. The fourth-order valence-corrected chi connectivity index (χ4v) is 1.96. The zero-order valence-electron chi connectivity index (χ0n) is 11.1. The molecule has 0 fully saturated rings. The van der Waals surface area contributed by atoms with Crippen LogP contribution in [0, 0.1) is 5.82 Å². The maximum absolute atomic E-state index is 13.5. The molecular formula is C15H15BrFNO3. The average Bonchev–Trinajstić information content (AvgIpc) is 2.45. The second-order valence-electron chi connectivity index (χ2n) is 4.39. The summed E-state index contributed by atoms with van der Waals surface area (Å²) >= 11 is 3.16. The van der Waals surface area contributed by atoms with Crippen molar-refractivity contribution in [1.29, 1.82) is 0 Å². The Kier molecular flexibility index (Phi) is 5.41. The van der Waals surface area contributed by atoms with Crippen molar-refractivity contribution in [1.82, 2.24) is 0 Å². The number of anilines is 1. The van der Waals surface area contributed by atoms with Crippen LogP contribution < -0.4 is 15.2 Å². The number of para-hydroxylation sites is 2. The van der Waals surface area contributed by atoms with Crippen molar-refractivity contribution >= 4 is 21.6 Å². The predicted octanol–water partition coefficient (Wildman–Crippen LogP) is 2.99. The fraction of sp³-hybridized carbons (Fsp3) is 0.200. The van der Waals surface area contributed by atoms with Crippen LogP contribution in [0.2, 0.25) is 0 Å². The molecule has 0 aliphatic rings. The molecule has 0 heterocycles. The average molecular weight is 356 g/mol. The summed E-state index contributed by atoms with van der Waals surface area (Å²) in [6.45, 7) is -0.0718. The lowest BCUT2D eigenvalue weighted by molar-refractivity contribution is 0.0615. The second kappa shape index (κ2) is 7.28. The van der Waals surface area contributed by atoms with Crippen LogP contribution in [-0.4, -0.2) is 24.4 Å². The molecule has 3 N–H and O–H groups in total. The Labute approximate surface area is 130 Å². The summed E-state index contributed by atoms with van der Waals surface area (Å²) in [5, 5.41) is 9.79. The highest BCUT2D eigenvalue weighted by molar-refractivity contribution is 9.10. The highest BCUT2D eigenvalue weighted by Gasteiger charge is 2.10. The number of ether oxygens (including phenoxy) is 2. The number of rotatable bonds is 6. The summed E-state index contributed by atoms with van der Waals surface area (Å²) in [6, 6.07) is 11.4. The largest absolute Gasteiger partial charge is 0.489 e. The first-order valence-electron chi connectivity index (χ1n) is 6.29. The molecule has 0 saturated carbocycles. The quantitative estimate of drug-likeness (QED) is 0.781. The van der Waals surface area contributed by atoms with Gasteiger partial charge in [0.15, 0.2) is 11.6 Å². The molecule has 0 aliphatic heterocycles. The van der Waals surface area contributed by atoms with Crippen molar-refractivity contribution in [2.75, 3.05) is 18.9 Å². The van der Waals surface area contributed by atoms with E-state index >= 15 is 0 Å². The molecule has 2 aromatic rings. The van der Waals surface area contributed by atoms with Crippen LogP contribution in [0.25, 0.3) is 0 Å². The normalized spacial score (nSPS) is 12.0. The number of halogens is 2. The number of hydrogen-bond acceptors (Lipinski definition) is 4. The molecule has 0 amide bonds. The van der Waals surface area contributed by atoms with Gasteiger partial charge in [0.2, 0.25) is 0 Å². The summed E-state index contributed by atoms with van der Waals surface area (Å²) in [5.41, 5.74) is 6.20. The lowest BCUT2D eigenvalue weighted by atomic mass is 10.3. The van der Waals surface area contributed by atoms with Crippen molar-refractivity contribution in [2.45, 2.75) is 6.10 Å². The first-order valence-corrected chi connectivity index (χ1v) is 7.09. The van der Waals surface area contributed by atoms with Gasteiger partial charge in [-0.25, -0.2) is 4.39 Å². The van der Waals surface area contributed by atoms with Gasteiger partial charge in [0.25, 0.3) is 0 Å². The minimum atomic E-state index is -0.896. The molecule has 0 bridgehead atoms. The SMILES string of the molecule is Nc1ccccc1OCC(O)COc1ccc(Br)cc1F. The van der Waals surface area contributed by atoms with Gasteiger partial charge in [0.05, 0.1) is 5.69 Å².